The van der Waals surface area contributed by atoms with Crippen molar-refractivity contribution in [2.75, 3.05) is 0 Å². The van der Waals surface area contributed by atoms with E-state index >= 15 is 0 Å². The molecule has 0 heterocycles. The van der Waals surface area contributed by atoms with E-state index in [2.05, 4.69) is 13.8 Å². The molecule has 0 rings (SSSR count). The molecule has 0 saturated heterocycles. The van der Waals surface area contributed by atoms with Crippen LogP contribution in [0.1, 0.15) is 79.1 Å². The SMILES string of the molecule is CCCCC(CC)C(=O)[O-].CCCCC(CC)C(=O)[O-].[Bi+2]. The smallest absolute Gasteiger partial charge is 0.550 e. The molecule has 0 aromatic heterocycles. The molecule has 4 nitrogen and oxygen atoms in total. The summed E-state index contributed by atoms with van der Waals surface area (Å²) < 4.78 is 0. The van der Waals surface area contributed by atoms with Crippen molar-refractivity contribution in [1.82, 2.24) is 0 Å². The Morgan fingerprint density at radius 3 is 1.19 bits per heavy atom. The van der Waals surface area contributed by atoms with E-state index < -0.39 is 11.9 Å². The summed E-state index contributed by atoms with van der Waals surface area (Å²) in [4.78, 5) is 20.7. The molecule has 0 aromatic rings. The molecule has 21 heavy (non-hydrogen) atoms. The summed E-state index contributed by atoms with van der Waals surface area (Å²) in [5.74, 6) is -2.23. The number of carbonyl (C=O) groups is 2. The van der Waals surface area contributed by atoms with Crippen LogP contribution in [0.25, 0.3) is 0 Å². The van der Waals surface area contributed by atoms with Crippen LogP contribution in [-0.2, 0) is 9.59 Å². The monoisotopic (exact) mass is 495 g/mol. The van der Waals surface area contributed by atoms with E-state index in [-0.39, 0.29) is 38.0 Å². The zero-order valence-corrected chi connectivity index (χ0v) is 17.4. The van der Waals surface area contributed by atoms with Crippen LogP contribution < -0.4 is 10.2 Å². The van der Waals surface area contributed by atoms with Gasteiger partial charge in [0.2, 0.25) is 0 Å². The van der Waals surface area contributed by atoms with Crippen LogP contribution in [-0.4, -0.2) is 38.1 Å². The standard InChI is InChI=1S/2C8H16O2.Bi/c2*1-3-5-6-7(4-2)8(9)10;/h2*7H,3-6H2,1-2H3,(H,9,10);/q;;+2/p-2. The molecule has 0 amide bonds. The van der Waals surface area contributed by atoms with Gasteiger partial charge in [-0.05, 0) is 37.5 Å². The molecule has 0 aromatic carbocycles. The average Bonchev–Trinajstić information content (AvgIpc) is 2.40. The molecule has 3 radical (unpaired) electrons. The normalized spacial score (nSPS) is 12.4. The quantitative estimate of drug-likeness (QED) is 0.431. The molecule has 0 spiro atoms. The topological polar surface area (TPSA) is 80.3 Å². The van der Waals surface area contributed by atoms with Gasteiger partial charge in [-0.25, -0.2) is 0 Å². The fraction of sp³-hybridized carbons (Fsp3) is 0.875. The number of carboxylic acid groups (broad SMARTS) is 2. The van der Waals surface area contributed by atoms with Crippen molar-refractivity contribution in [3.63, 3.8) is 0 Å². The van der Waals surface area contributed by atoms with E-state index in [1.54, 1.807) is 0 Å². The summed E-state index contributed by atoms with van der Waals surface area (Å²) >= 11 is 0. The Hall–Kier alpha value is -0.177. The Bertz CT molecular complexity index is 231. The maximum Gasteiger partial charge on any atom is 2.00 e. The van der Waals surface area contributed by atoms with Gasteiger partial charge in [-0.3, -0.25) is 0 Å². The van der Waals surface area contributed by atoms with Crippen LogP contribution in [0.2, 0.25) is 0 Å². The fourth-order valence-electron chi connectivity index (χ4n) is 1.88. The van der Waals surface area contributed by atoms with Crippen molar-refractivity contribution in [2.24, 2.45) is 11.8 Å². The van der Waals surface area contributed by atoms with Gasteiger partial charge in [0.25, 0.3) is 0 Å². The average molecular weight is 495 g/mol. The van der Waals surface area contributed by atoms with Gasteiger partial charge in [0.1, 0.15) is 0 Å². The van der Waals surface area contributed by atoms with Gasteiger partial charge in [0, 0.05) is 11.9 Å². The molecule has 123 valence electrons. The number of carbonyl (C=O) groups excluding carboxylic acids is 2. The number of unbranched alkanes of at least 4 members (excludes halogenated alkanes) is 2. The van der Waals surface area contributed by atoms with E-state index in [1.165, 1.54) is 0 Å². The summed E-state index contributed by atoms with van der Waals surface area (Å²) in [6, 6.07) is 0. The number of hydrogen-bond acceptors (Lipinski definition) is 4. The molecule has 0 aliphatic carbocycles. The Morgan fingerprint density at radius 1 is 0.762 bits per heavy atom. The van der Waals surface area contributed by atoms with Crippen molar-refractivity contribution < 1.29 is 19.8 Å². The summed E-state index contributed by atoms with van der Waals surface area (Å²) in [5, 5.41) is 20.7. The van der Waals surface area contributed by atoms with Crippen LogP contribution in [0, 0.1) is 11.8 Å². The Kier molecular flexibility index (Phi) is 21.9. The van der Waals surface area contributed by atoms with Gasteiger partial charge in [0.15, 0.2) is 0 Å². The molecule has 0 aliphatic heterocycles. The van der Waals surface area contributed by atoms with Crippen molar-refractivity contribution in [3.8, 4) is 0 Å². The van der Waals surface area contributed by atoms with Crippen molar-refractivity contribution in [2.45, 2.75) is 79.1 Å². The third-order valence-electron chi connectivity index (χ3n) is 3.46. The molecule has 2 unspecified atom stereocenters. The first-order valence-corrected chi connectivity index (χ1v) is 7.86. The zero-order valence-electron chi connectivity index (χ0n) is 13.9. The number of hydrogen-bond donors (Lipinski definition) is 0. The molecule has 0 bridgehead atoms. The molecule has 0 fully saturated rings. The second-order valence-corrected chi connectivity index (χ2v) is 5.13. The summed E-state index contributed by atoms with van der Waals surface area (Å²) in [7, 11) is 0. The van der Waals surface area contributed by atoms with Crippen molar-refractivity contribution in [1.29, 1.82) is 0 Å². The molecular formula is C16H30BiO4. The van der Waals surface area contributed by atoms with Gasteiger partial charge < -0.3 is 19.8 Å². The Morgan fingerprint density at radius 2 is 1.05 bits per heavy atom. The third kappa shape index (κ3) is 16.0. The second kappa shape index (κ2) is 17.9. The van der Waals surface area contributed by atoms with Gasteiger partial charge in [-0.1, -0.05) is 53.4 Å². The minimum Gasteiger partial charge on any atom is -0.550 e. The van der Waals surface area contributed by atoms with Crippen molar-refractivity contribution >= 4 is 38.1 Å². The van der Waals surface area contributed by atoms with E-state index in [0.717, 1.165) is 38.5 Å². The molecule has 0 saturated carbocycles. The largest absolute Gasteiger partial charge is 2.00 e. The Labute approximate surface area is 148 Å². The minimum absolute atomic E-state index is 0. The van der Waals surface area contributed by atoms with Gasteiger partial charge in [-0.15, -0.1) is 0 Å². The van der Waals surface area contributed by atoms with E-state index in [1.807, 2.05) is 13.8 Å². The molecule has 2 atom stereocenters. The fourth-order valence-corrected chi connectivity index (χ4v) is 1.88. The molecule has 0 N–H and O–H groups in total. The first kappa shape index (κ1) is 25.8. The second-order valence-electron chi connectivity index (χ2n) is 5.13. The van der Waals surface area contributed by atoms with Gasteiger partial charge >= 0.3 is 26.2 Å². The summed E-state index contributed by atoms with van der Waals surface area (Å²) in [5.41, 5.74) is 0. The molecule has 5 heteroatoms. The van der Waals surface area contributed by atoms with Crippen LogP contribution >= 0.6 is 0 Å². The van der Waals surface area contributed by atoms with E-state index in [0.29, 0.717) is 12.8 Å². The predicted molar refractivity (Wildman–Crippen MR) is 82.4 cm³/mol. The predicted octanol–water partition coefficient (Wildman–Crippen LogP) is 1.52. The van der Waals surface area contributed by atoms with Gasteiger partial charge in [-0.2, -0.15) is 0 Å². The van der Waals surface area contributed by atoms with Crippen molar-refractivity contribution in [3.05, 3.63) is 0 Å². The number of rotatable bonds is 10. The maximum atomic E-state index is 10.3. The zero-order chi connectivity index (χ0) is 16.0. The van der Waals surface area contributed by atoms with Crippen LogP contribution in [0.5, 0.6) is 0 Å². The summed E-state index contributed by atoms with van der Waals surface area (Å²) in [6.45, 7) is 7.89. The molecule has 0 aliphatic rings. The maximum absolute atomic E-state index is 10.3. The van der Waals surface area contributed by atoms with Crippen LogP contribution in [0.15, 0.2) is 0 Å². The first-order valence-electron chi connectivity index (χ1n) is 7.86. The third-order valence-corrected chi connectivity index (χ3v) is 3.46. The summed E-state index contributed by atoms with van der Waals surface area (Å²) in [6.07, 6.45) is 7.04. The van der Waals surface area contributed by atoms with Gasteiger partial charge in [0.05, 0.1) is 0 Å². The minimum atomic E-state index is -0.893. The number of aliphatic carboxylic acids is 2. The van der Waals surface area contributed by atoms with Crippen LogP contribution in [0.4, 0.5) is 0 Å². The molecular weight excluding hydrogens is 465 g/mol. The van der Waals surface area contributed by atoms with E-state index in [4.69, 9.17) is 0 Å². The number of carboxylic acids is 2. The van der Waals surface area contributed by atoms with Crippen LogP contribution in [0.3, 0.4) is 0 Å². The van der Waals surface area contributed by atoms with E-state index in [9.17, 15) is 19.8 Å². The first-order chi connectivity index (χ1) is 9.44. The Balaban J connectivity index is -0.000000295.